The largest absolute Gasteiger partial charge is 0.350 e. The molecule has 2 N–H and O–H groups in total. The van der Waals surface area contributed by atoms with Crippen LogP contribution in [0.4, 0.5) is 4.79 Å². The summed E-state index contributed by atoms with van der Waals surface area (Å²) in [5.41, 5.74) is 0.332. The van der Waals surface area contributed by atoms with Crippen molar-refractivity contribution in [3.63, 3.8) is 0 Å². The number of halogens is 2. The van der Waals surface area contributed by atoms with Crippen LogP contribution in [0, 0.1) is 0 Å². The number of urea groups is 1. The third kappa shape index (κ3) is 3.29. The highest BCUT2D eigenvalue weighted by atomic mass is 79.9. The first-order chi connectivity index (χ1) is 9.49. The van der Waals surface area contributed by atoms with Gasteiger partial charge in [0.05, 0.1) is 17.1 Å². The Kier molecular flexibility index (Phi) is 4.61. The van der Waals surface area contributed by atoms with Gasteiger partial charge in [-0.1, -0.05) is 27.5 Å². The van der Waals surface area contributed by atoms with E-state index < -0.39 is 6.03 Å². The zero-order valence-electron chi connectivity index (χ0n) is 10.3. The Bertz CT molecular complexity index is 563. The molecule has 1 fully saturated rings. The van der Waals surface area contributed by atoms with Crippen molar-refractivity contribution in [1.82, 2.24) is 15.5 Å². The summed E-state index contributed by atoms with van der Waals surface area (Å²) in [6, 6.07) is 4.50. The Morgan fingerprint density at radius 1 is 1.45 bits per heavy atom. The minimum Gasteiger partial charge on any atom is -0.350 e. The third-order valence-corrected chi connectivity index (χ3v) is 3.55. The summed E-state index contributed by atoms with van der Waals surface area (Å²) in [5.74, 6) is -0.659. The van der Waals surface area contributed by atoms with Crippen LogP contribution in [0.5, 0.6) is 0 Å². The summed E-state index contributed by atoms with van der Waals surface area (Å²) >= 11 is 9.19. The molecule has 0 saturated carbocycles. The van der Waals surface area contributed by atoms with Gasteiger partial charge in [0.15, 0.2) is 0 Å². The molecule has 4 amide bonds. The molecule has 0 aliphatic carbocycles. The topological polar surface area (TPSA) is 78.5 Å². The van der Waals surface area contributed by atoms with E-state index in [9.17, 15) is 14.4 Å². The van der Waals surface area contributed by atoms with Crippen molar-refractivity contribution in [1.29, 1.82) is 0 Å². The first-order valence-electron chi connectivity index (χ1n) is 5.80. The average Bonchev–Trinajstić information content (AvgIpc) is 2.73. The molecule has 0 bridgehead atoms. The van der Waals surface area contributed by atoms with Crippen molar-refractivity contribution in [2.24, 2.45) is 0 Å². The number of hydrogen-bond donors (Lipinski definition) is 2. The molecule has 1 aliphatic rings. The molecule has 2 rings (SSSR count). The van der Waals surface area contributed by atoms with E-state index in [2.05, 4.69) is 26.6 Å². The summed E-state index contributed by atoms with van der Waals surface area (Å²) in [6.07, 6.45) is 0. The van der Waals surface area contributed by atoms with E-state index in [1.54, 1.807) is 18.2 Å². The fourth-order valence-electron chi connectivity index (χ4n) is 1.73. The van der Waals surface area contributed by atoms with E-state index >= 15 is 0 Å². The lowest BCUT2D eigenvalue weighted by Gasteiger charge is -2.13. The fraction of sp³-hybridized carbons (Fsp3) is 0.250. The van der Waals surface area contributed by atoms with Crippen LogP contribution in [0.15, 0.2) is 22.7 Å². The Morgan fingerprint density at radius 3 is 2.85 bits per heavy atom. The normalized spacial score (nSPS) is 14.4. The second-order valence-corrected chi connectivity index (χ2v) is 5.41. The van der Waals surface area contributed by atoms with Crippen molar-refractivity contribution in [3.05, 3.63) is 33.3 Å². The standard InChI is InChI=1S/C12H11BrClN3O3/c13-7-1-2-9(14)8(5-7)11(19)15-3-4-17-10(18)6-16-12(17)20/h1-2,5H,3-4,6H2,(H,15,19)(H,16,20). The second kappa shape index (κ2) is 6.23. The summed E-state index contributed by atoms with van der Waals surface area (Å²) in [5, 5.41) is 5.35. The number of rotatable bonds is 4. The van der Waals surface area contributed by atoms with Crippen LogP contribution in [0.25, 0.3) is 0 Å². The van der Waals surface area contributed by atoms with Gasteiger partial charge in [-0.3, -0.25) is 14.5 Å². The van der Waals surface area contributed by atoms with Gasteiger partial charge in [-0.05, 0) is 18.2 Å². The molecule has 1 aromatic carbocycles. The van der Waals surface area contributed by atoms with Gasteiger partial charge in [0.25, 0.3) is 5.91 Å². The van der Waals surface area contributed by atoms with Gasteiger partial charge in [-0.25, -0.2) is 4.79 Å². The molecule has 6 nitrogen and oxygen atoms in total. The minimum absolute atomic E-state index is 0.00421. The van der Waals surface area contributed by atoms with Crippen molar-refractivity contribution in [3.8, 4) is 0 Å². The second-order valence-electron chi connectivity index (χ2n) is 4.08. The summed E-state index contributed by atoms with van der Waals surface area (Å²) in [6.45, 7) is 0.299. The number of imide groups is 1. The maximum atomic E-state index is 11.9. The smallest absolute Gasteiger partial charge is 0.324 e. The predicted molar refractivity (Wildman–Crippen MR) is 76.6 cm³/mol. The van der Waals surface area contributed by atoms with E-state index in [-0.39, 0.29) is 31.4 Å². The lowest BCUT2D eigenvalue weighted by atomic mass is 10.2. The number of nitrogens with zero attached hydrogens (tertiary/aromatic N) is 1. The highest BCUT2D eigenvalue weighted by Gasteiger charge is 2.27. The lowest BCUT2D eigenvalue weighted by Crippen LogP contribution is -2.38. The van der Waals surface area contributed by atoms with Crippen LogP contribution in [0.3, 0.4) is 0 Å². The zero-order valence-corrected chi connectivity index (χ0v) is 12.6. The molecule has 20 heavy (non-hydrogen) atoms. The molecule has 0 spiro atoms. The van der Waals surface area contributed by atoms with E-state index in [0.29, 0.717) is 10.6 Å². The SMILES string of the molecule is O=C(NCCN1C(=O)CNC1=O)c1cc(Br)ccc1Cl. The molecule has 0 atom stereocenters. The molecule has 0 aromatic heterocycles. The molecule has 0 radical (unpaired) electrons. The van der Waals surface area contributed by atoms with Gasteiger partial charge in [0.1, 0.15) is 0 Å². The molecule has 8 heteroatoms. The zero-order chi connectivity index (χ0) is 14.7. The molecular weight excluding hydrogens is 350 g/mol. The Balaban J connectivity index is 1.91. The van der Waals surface area contributed by atoms with Crippen LogP contribution in [-0.2, 0) is 4.79 Å². The van der Waals surface area contributed by atoms with E-state index in [0.717, 1.165) is 9.37 Å². The van der Waals surface area contributed by atoms with Gasteiger partial charge in [-0.15, -0.1) is 0 Å². The third-order valence-electron chi connectivity index (χ3n) is 2.73. The first-order valence-corrected chi connectivity index (χ1v) is 6.97. The maximum Gasteiger partial charge on any atom is 0.324 e. The van der Waals surface area contributed by atoms with Crippen molar-refractivity contribution in [2.75, 3.05) is 19.6 Å². The van der Waals surface area contributed by atoms with Crippen LogP contribution in [0.1, 0.15) is 10.4 Å². The maximum absolute atomic E-state index is 11.9. The number of hydrogen-bond acceptors (Lipinski definition) is 3. The van der Waals surface area contributed by atoms with Crippen LogP contribution in [-0.4, -0.2) is 42.4 Å². The van der Waals surface area contributed by atoms with E-state index in [1.165, 1.54) is 0 Å². The number of carbonyl (C=O) groups is 3. The lowest BCUT2D eigenvalue weighted by molar-refractivity contribution is -0.124. The highest BCUT2D eigenvalue weighted by Crippen LogP contribution is 2.20. The minimum atomic E-state index is -0.440. The fourth-order valence-corrected chi connectivity index (χ4v) is 2.29. The van der Waals surface area contributed by atoms with Crippen LogP contribution >= 0.6 is 27.5 Å². The quantitative estimate of drug-likeness (QED) is 0.796. The predicted octanol–water partition coefficient (Wildman–Crippen LogP) is 1.38. The van der Waals surface area contributed by atoms with Gasteiger partial charge in [-0.2, -0.15) is 0 Å². The monoisotopic (exact) mass is 359 g/mol. The number of benzene rings is 1. The summed E-state index contributed by atoms with van der Waals surface area (Å²) in [7, 11) is 0. The molecule has 0 unspecified atom stereocenters. The van der Waals surface area contributed by atoms with Gasteiger partial charge in [0, 0.05) is 17.6 Å². The number of amides is 4. The molecule has 1 heterocycles. The van der Waals surface area contributed by atoms with Crippen molar-refractivity contribution < 1.29 is 14.4 Å². The average molecular weight is 361 g/mol. The molecule has 106 valence electrons. The molecular formula is C12H11BrClN3O3. The molecule has 1 aliphatic heterocycles. The van der Waals surface area contributed by atoms with E-state index in [1.807, 2.05) is 0 Å². The van der Waals surface area contributed by atoms with Crippen molar-refractivity contribution in [2.45, 2.75) is 0 Å². The highest BCUT2D eigenvalue weighted by molar-refractivity contribution is 9.10. The number of carbonyl (C=O) groups excluding carboxylic acids is 3. The molecule has 1 aromatic rings. The van der Waals surface area contributed by atoms with Crippen molar-refractivity contribution >= 4 is 45.4 Å². The Morgan fingerprint density at radius 2 is 2.20 bits per heavy atom. The Labute approximate surface area is 128 Å². The molecule has 1 saturated heterocycles. The van der Waals surface area contributed by atoms with Gasteiger partial charge >= 0.3 is 6.03 Å². The van der Waals surface area contributed by atoms with E-state index in [4.69, 9.17) is 11.6 Å². The Hall–Kier alpha value is -1.60. The summed E-state index contributed by atoms with van der Waals surface area (Å²) < 4.78 is 0.737. The van der Waals surface area contributed by atoms with Gasteiger partial charge < -0.3 is 10.6 Å². The van der Waals surface area contributed by atoms with Crippen LogP contribution in [0.2, 0.25) is 5.02 Å². The first kappa shape index (κ1) is 14.8. The summed E-state index contributed by atoms with van der Waals surface area (Å²) in [4.78, 5) is 35.6. The van der Waals surface area contributed by atoms with Gasteiger partial charge in [0.2, 0.25) is 5.91 Å². The van der Waals surface area contributed by atoms with Crippen LogP contribution < -0.4 is 10.6 Å². The number of nitrogens with one attached hydrogen (secondary N) is 2.